The SMILES string of the molecule is Cn1ncnc1CC(=O)c1ccncc1. The van der Waals surface area contributed by atoms with Gasteiger partial charge in [-0.25, -0.2) is 4.98 Å². The summed E-state index contributed by atoms with van der Waals surface area (Å²) in [5.41, 5.74) is 0.646. The van der Waals surface area contributed by atoms with Crippen molar-refractivity contribution in [2.45, 2.75) is 6.42 Å². The number of carbonyl (C=O) groups is 1. The van der Waals surface area contributed by atoms with E-state index in [0.29, 0.717) is 11.4 Å². The van der Waals surface area contributed by atoms with Crippen LogP contribution in [-0.4, -0.2) is 25.5 Å². The molecule has 5 heteroatoms. The highest BCUT2D eigenvalue weighted by molar-refractivity contribution is 5.96. The van der Waals surface area contributed by atoms with E-state index < -0.39 is 0 Å². The first-order valence-corrected chi connectivity index (χ1v) is 4.53. The molecule has 2 rings (SSSR count). The number of ketones is 1. The summed E-state index contributed by atoms with van der Waals surface area (Å²) < 4.78 is 1.60. The zero-order valence-corrected chi connectivity index (χ0v) is 8.29. The number of Topliss-reactive ketones (excluding diaryl/α,β-unsaturated/α-hetero) is 1. The summed E-state index contributed by atoms with van der Waals surface area (Å²) >= 11 is 0. The third-order valence-electron chi connectivity index (χ3n) is 2.13. The monoisotopic (exact) mass is 202 g/mol. The number of aromatic nitrogens is 4. The topological polar surface area (TPSA) is 60.7 Å². The molecule has 0 atom stereocenters. The molecule has 0 aromatic carbocycles. The third kappa shape index (κ3) is 2.07. The zero-order valence-electron chi connectivity index (χ0n) is 8.29. The Kier molecular flexibility index (Phi) is 2.53. The van der Waals surface area contributed by atoms with E-state index in [1.807, 2.05) is 0 Å². The normalized spacial score (nSPS) is 10.2. The molecule has 0 radical (unpaired) electrons. The fourth-order valence-corrected chi connectivity index (χ4v) is 1.26. The van der Waals surface area contributed by atoms with E-state index in [-0.39, 0.29) is 12.2 Å². The van der Waals surface area contributed by atoms with E-state index in [1.54, 1.807) is 36.3 Å². The Morgan fingerprint density at radius 1 is 1.40 bits per heavy atom. The minimum absolute atomic E-state index is 0.0218. The molecular weight excluding hydrogens is 192 g/mol. The van der Waals surface area contributed by atoms with Crippen LogP contribution >= 0.6 is 0 Å². The molecule has 2 aromatic heterocycles. The maximum atomic E-state index is 11.8. The Hall–Kier alpha value is -2.04. The van der Waals surface area contributed by atoms with Crippen LogP contribution in [0, 0.1) is 0 Å². The molecule has 0 aliphatic rings. The van der Waals surface area contributed by atoms with E-state index in [2.05, 4.69) is 15.1 Å². The van der Waals surface area contributed by atoms with Crippen molar-refractivity contribution in [2.24, 2.45) is 7.05 Å². The van der Waals surface area contributed by atoms with Crippen LogP contribution in [0.15, 0.2) is 30.9 Å². The van der Waals surface area contributed by atoms with Crippen LogP contribution in [0.5, 0.6) is 0 Å². The number of hydrogen-bond donors (Lipinski definition) is 0. The Morgan fingerprint density at radius 2 is 2.13 bits per heavy atom. The molecule has 0 amide bonds. The van der Waals surface area contributed by atoms with E-state index in [1.165, 1.54) is 6.33 Å². The fraction of sp³-hybridized carbons (Fsp3) is 0.200. The first-order valence-electron chi connectivity index (χ1n) is 4.53. The lowest BCUT2D eigenvalue weighted by Crippen LogP contribution is -2.08. The van der Waals surface area contributed by atoms with E-state index in [9.17, 15) is 4.79 Å². The minimum atomic E-state index is 0.0218. The quantitative estimate of drug-likeness (QED) is 0.685. The van der Waals surface area contributed by atoms with Crippen LogP contribution in [-0.2, 0) is 13.5 Å². The van der Waals surface area contributed by atoms with Gasteiger partial charge in [-0.1, -0.05) is 0 Å². The van der Waals surface area contributed by atoms with Crippen LogP contribution < -0.4 is 0 Å². The average Bonchev–Trinajstić information content (AvgIpc) is 2.66. The van der Waals surface area contributed by atoms with Gasteiger partial charge in [-0.3, -0.25) is 14.5 Å². The molecule has 0 bridgehead atoms. The lowest BCUT2D eigenvalue weighted by Gasteiger charge is -1.99. The second kappa shape index (κ2) is 4.00. The summed E-state index contributed by atoms with van der Waals surface area (Å²) in [6, 6.07) is 3.39. The first-order chi connectivity index (χ1) is 7.27. The van der Waals surface area contributed by atoms with Gasteiger partial charge < -0.3 is 0 Å². The number of rotatable bonds is 3. The van der Waals surface area contributed by atoms with E-state index in [0.717, 1.165) is 0 Å². The molecule has 2 aromatic rings. The Bertz CT molecular complexity index is 463. The summed E-state index contributed by atoms with van der Waals surface area (Å²) in [6.45, 7) is 0. The lowest BCUT2D eigenvalue weighted by atomic mass is 10.1. The largest absolute Gasteiger partial charge is 0.294 e. The lowest BCUT2D eigenvalue weighted by molar-refractivity contribution is 0.0989. The molecule has 0 unspecified atom stereocenters. The number of aryl methyl sites for hydroxylation is 1. The molecule has 0 saturated carbocycles. The number of nitrogens with zero attached hydrogens (tertiary/aromatic N) is 4. The predicted molar refractivity (Wildman–Crippen MR) is 53.3 cm³/mol. The first kappa shape index (κ1) is 9.51. The van der Waals surface area contributed by atoms with Crippen molar-refractivity contribution in [3.05, 3.63) is 42.2 Å². The Balaban J connectivity index is 2.15. The highest BCUT2D eigenvalue weighted by Crippen LogP contribution is 2.03. The van der Waals surface area contributed by atoms with Gasteiger partial charge in [0.2, 0.25) is 0 Å². The Labute approximate surface area is 86.8 Å². The summed E-state index contributed by atoms with van der Waals surface area (Å²) in [7, 11) is 1.77. The van der Waals surface area contributed by atoms with Crippen LogP contribution in [0.4, 0.5) is 0 Å². The van der Waals surface area contributed by atoms with Crippen LogP contribution in [0.3, 0.4) is 0 Å². The van der Waals surface area contributed by atoms with Crippen molar-refractivity contribution in [3.63, 3.8) is 0 Å². The van der Waals surface area contributed by atoms with Gasteiger partial charge in [-0.15, -0.1) is 0 Å². The molecule has 0 saturated heterocycles. The molecule has 0 aliphatic carbocycles. The van der Waals surface area contributed by atoms with Crippen LogP contribution in [0.25, 0.3) is 0 Å². The third-order valence-corrected chi connectivity index (χ3v) is 2.13. The second-order valence-electron chi connectivity index (χ2n) is 3.14. The minimum Gasteiger partial charge on any atom is -0.294 e. The fourth-order valence-electron chi connectivity index (χ4n) is 1.26. The molecule has 5 nitrogen and oxygen atoms in total. The van der Waals surface area contributed by atoms with Gasteiger partial charge >= 0.3 is 0 Å². The van der Waals surface area contributed by atoms with Crippen molar-refractivity contribution in [2.75, 3.05) is 0 Å². The standard InChI is InChI=1S/C10H10N4O/c1-14-10(12-7-13-14)6-9(15)8-2-4-11-5-3-8/h2-5,7H,6H2,1H3. The predicted octanol–water partition coefficient (Wildman–Crippen LogP) is 0.636. The number of carbonyl (C=O) groups excluding carboxylic acids is 1. The molecule has 0 N–H and O–H groups in total. The smallest absolute Gasteiger partial charge is 0.170 e. The van der Waals surface area contributed by atoms with Crippen LogP contribution in [0.1, 0.15) is 16.2 Å². The highest BCUT2D eigenvalue weighted by atomic mass is 16.1. The van der Waals surface area contributed by atoms with Crippen molar-refractivity contribution in [1.82, 2.24) is 19.7 Å². The van der Waals surface area contributed by atoms with Crippen molar-refractivity contribution in [1.29, 1.82) is 0 Å². The molecule has 0 spiro atoms. The van der Waals surface area contributed by atoms with Gasteiger partial charge in [0.15, 0.2) is 5.78 Å². The van der Waals surface area contributed by atoms with Gasteiger partial charge in [0.05, 0.1) is 6.42 Å². The molecule has 2 heterocycles. The van der Waals surface area contributed by atoms with E-state index >= 15 is 0 Å². The summed E-state index contributed by atoms with van der Waals surface area (Å²) in [5.74, 6) is 0.685. The molecule has 0 aliphatic heterocycles. The highest BCUT2D eigenvalue weighted by Gasteiger charge is 2.09. The van der Waals surface area contributed by atoms with E-state index in [4.69, 9.17) is 0 Å². The number of hydrogen-bond acceptors (Lipinski definition) is 4. The molecule has 0 fully saturated rings. The van der Waals surface area contributed by atoms with Crippen molar-refractivity contribution >= 4 is 5.78 Å². The molecular formula is C10H10N4O. The van der Waals surface area contributed by atoms with Crippen molar-refractivity contribution in [3.8, 4) is 0 Å². The van der Waals surface area contributed by atoms with Gasteiger partial charge in [0.25, 0.3) is 0 Å². The van der Waals surface area contributed by atoms with Gasteiger partial charge in [0.1, 0.15) is 12.2 Å². The molecule has 15 heavy (non-hydrogen) atoms. The van der Waals surface area contributed by atoms with Crippen LogP contribution in [0.2, 0.25) is 0 Å². The number of pyridine rings is 1. The second-order valence-corrected chi connectivity index (χ2v) is 3.14. The summed E-state index contributed by atoms with van der Waals surface area (Å²) in [6.07, 6.45) is 4.91. The van der Waals surface area contributed by atoms with Crippen molar-refractivity contribution < 1.29 is 4.79 Å². The maximum Gasteiger partial charge on any atom is 0.170 e. The summed E-state index contributed by atoms with van der Waals surface area (Å²) in [5, 5.41) is 3.90. The average molecular weight is 202 g/mol. The molecule has 76 valence electrons. The summed E-state index contributed by atoms with van der Waals surface area (Å²) in [4.78, 5) is 19.6. The zero-order chi connectivity index (χ0) is 10.7. The maximum absolute atomic E-state index is 11.8. The van der Waals surface area contributed by atoms with Gasteiger partial charge in [-0.05, 0) is 12.1 Å². The Morgan fingerprint density at radius 3 is 2.73 bits per heavy atom. The van der Waals surface area contributed by atoms with Gasteiger partial charge in [-0.2, -0.15) is 5.10 Å². The van der Waals surface area contributed by atoms with Gasteiger partial charge in [0, 0.05) is 25.0 Å².